The number of piperidine rings is 1. The van der Waals surface area contributed by atoms with Crippen LogP contribution in [0.25, 0.3) is 0 Å². The summed E-state index contributed by atoms with van der Waals surface area (Å²) in [6.45, 7) is 3.78. The maximum atomic E-state index is 11.7. The minimum atomic E-state index is -0.436. The molecule has 1 aliphatic heterocycles. The number of carbonyl (C=O) groups is 1. The van der Waals surface area contributed by atoms with E-state index in [2.05, 4.69) is 10.6 Å². The standard InChI is InChI=1S/C13H17ClN2O2/c1-9-2-3-11(14)12(8-9)18-13(17)16-10-4-6-15-7-5-10/h2-3,8,10,15H,4-7H2,1H3,(H,16,17). The zero-order valence-electron chi connectivity index (χ0n) is 10.3. The predicted molar refractivity (Wildman–Crippen MR) is 71.2 cm³/mol. The lowest BCUT2D eigenvalue weighted by atomic mass is 10.1. The Kier molecular flexibility index (Phi) is 4.44. The summed E-state index contributed by atoms with van der Waals surface area (Å²) in [5.41, 5.74) is 1.00. The summed E-state index contributed by atoms with van der Waals surface area (Å²) < 4.78 is 5.23. The zero-order valence-corrected chi connectivity index (χ0v) is 11.1. The Morgan fingerprint density at radius 2 is 2.17 bits per heavy atom. The van der Waals surface area contributed by atoms with Crippen molar-refractivity contribution in [3.63, 3.8) is 0 Å². The van der Waals surface area contributed by atoms with Gasteiger partial charge in [-0.05, 0) is 50.6 Å². The summed E-state index contributed by atoms with van der Waals surface area (Å²) in [6.07, 6.45) is 1.42. The van der Waals surface area contributed by atoms with Gasteiger partial charge in [-0.3, -0.25) is 0 Å². The molecule has 2 N–H and O–H groups in total. The van der Waals surface area contributed by atoms with Crippen molar-refractivity contribution in [1.82, 2.24) is 10.6 Å². The second kappa shape index (κ2) is 6.07. The fourth-order valence-corrected chi connectivity index (χ4v) is 2.11. The lowest BCUT2D eigenvalue weighted by Crippen LogP contribution is -2.43. The quantitative estimate of drug-likeness (QED) is 0.866. The Bertz CT molecular complexity index is 431. The van der Waals surface area contributed by atoms with Crippen molar-refractivity contribution < 1.29 is 9.53 Å². The number of aryl methyl sites for hydroxylation is 1. The average molecular weight is 269 g/mol. The van der Waals surface area contributed by atoms with E-state index in [-0.39, 0.29) is 6.04 Å². The second-order valence-electron chi connectivity index (χ2n) is 4.49. The molecule has 1 aliphatic rings. The summed E-state index contributed by atoms with van der Waals surface area (Å²) in [7, 11) is 0. The normalized spacial score (nSPS) is 16.3. The highest BCUT2D eigenvalue weighted by Gasteiger charge is 2.17. The second-order valence-corrected chi connectivity index (χ2v) is 4.90. The first-order valence-electron chi connectivity index (χ1n) is 6.10. The van der Waals surface area contributed by atoms with Gasteiger partial charge in [0.05, 0.1) is 5.02 Å². The molecule has 1 aromatic rings. The van der Waals surface area contributed by atoms with E-state index < -0.39 is 6.09 Å². The molecule has 0 aliphatic carbocycles. The van der Waals surface area contributed by atoms with Crippen molar-refractivity contribution in [1.29, 1.82) is 0 Å². The topological polar surface area (TPSA) is 50.4 Å². The van der Waals surface area contributed by atoms with E-state index in [1.807, 2.05) is 13.0 Å². The molecule has 0 atom stereocenters. The summed E-state index contributed by atoms with van der Waals surface area (Å²) in [6, 6.07) is 5.54. The Balaban J connectivity index is 1.92. The van der Waals surface area contributed by atoms with E-state index in [0.717, 1.165) is 31.5 Å². The number of ether oxygens (including phenoxy) is 1. The van der Waals surface area contributed by atoms with Crippen LogP contribution in [0.2, 0.25) is 5.02 Å². The van der Waals surface area contributed by atoms with Crippen LogP contribution in [0.1, 0.15) is 18.4 Å². The average Bonchev–Trinajstić information content (AvgIpc) is 2.35. The van der Waals surface area contributed by atoms with Gasteiger partial charge in [-0.2, -0.15) is 0 Å². The molecular formula is C13H17ClN2O2. The number of rotatable bonds is 2. The lowest BCUT2D eigenvalue weighted by molar-refractivity contribution is 0.193. The molecule has 0 unspecified atom stereocenters. The molecule has 1 amide bonds. The van der Waals surface area contributed by atoms with Crippen LogP contribution >= 0.6 is 11.6 Å². The minimum absolute atomic E-state index is 0.183. The van der Waals surface area contributed by atoms with Gasteiger partial charge >= 0.3 is 6.09 Å². The Hall–Kier alpha value is -1.26. The number of amides is 1. The number of carbonyl (C=O) groups excluding carboxylic acids is 1. The number of hydrogen-bond donors (Lipinski definition) is 2. The van der Waals surface area contributed by atoms with Crippen LogP contribution in [0, 0.1) is 6.92 Å². The molecule has 1 aromatic carbocycles. The Morgan fingerprint density at radius 1 is 1.44 bits per heavy atom. The largest absolute Gasteiger partial charge is 0.412 e. The molecule has 98 valence electrons. The van der Waals surface area contributed by atoms with Crippen LogP contribution in [0.3, 0.4) is 0 Å². The molecule has 0 bridgehead atoms. The molecule has 0 spiro atoms. The molecule has 4 nitrogen and oxygen atoms in total. The maximum absolute atomic E-state index is 11.7. The van der Waals surface area contributed by atoms with E-state index in [4.69, 9.17) is 16.3 Å². The number of halogens is 1. The highest BCUT2D eigenvalue weighted by Crippen LogP contribution is 2.25. The van der Waals surface area contributed by atoms with E-state index >= 15 is 0 Å². The molecule has 2 rings (SSSR count). The van der Waals surface area contributed by atoms with Gasteiger partial charge in [-0.25, -0.2) is 4.79 Å². The summed E-state index contributed by atoms with van der Waals surface area (Å²) >= 11 is 5.97. The van der Waals surface area contributed by atoms with Gasteiger partial charge in [0.15, 0.2) is 5.75 Å². The fraction of sp³-hybridized carbons (Fsp3) is 0.462. The first-order valence-corrected chi connectivity index (χ1v) is 6.48. The summed E-state index contributed by atoms with van der Waals surface area (Å²) in [5.74, 6) is 0.406. The molecule has 1 heterocycles. The number of nitrogens with one attached hydrogen (secondary N) is 2. The number of benzene rings is 1. The van der Waals surface area contributed by atoms with Gasteiger partial charge in [0.25, 0.3) is 0 Å². The maximum Gasteiger partial charge on any atom is 0.412 e. The van der Waals surface area contributed by atoms with E-state index in [9.17, 15) is 4.79 Å². The van der Waals surface area contributed by atoms with Crippen molar-refractivity contribution in [2.75, 3.05) is 13.1 Å². The third kappa shape index (κ3) is 3.62. The van der Waals surface area contributed by atoms with Gasteiger partial charge in [0, 0.05) is 6.04 Å². The van der Waals surface area contributed by atoms with E-state index in [1.165, 1.54) is 0 Å². The van der Waals surface area contributed by atoms with Gasteiger partial charge in [-0.15, -0.1) is 0 Å². The van der Waals surface area contributed by atoms with Gasteiger partial charge in [-0.1, -0.05) is 17.7 Å². The van der Waals surface area contributed by atoms with Gasteiger partial charge in [0.2, 0.25) is 0 Å². The Labute approximate surface area is 112 Å². The monoisotopic (exact) mass is 268 g/mol. The van der Waals surface area contributed by atoms with Crippen molar-refractivity contribution in [2.24, 2.45) is 0 Å². The zero-order chi connectivity index (χ0) is 13.0. The molecule has 1 fully saturated rings. The molecule has 5 heteroatoms. The van der Waals surface area contributed by atoms with Gasteiger partial charge < -0.3 is 15.4 Å². The van der Waals surface area contributed by atoms with Gasteiger partial charge in [0.1, 0.15) is 0 Å². The van der Waals surface area contributed by atoms with Crippen LogP contribution in [-0.2, 0) is 0 Å². The minimum Gasteiger partial charge on any atom is -0.409 e. The van der Waals surface area contributed by atoms with Crippen LogP contribution in [0.15, 0.2) is 18.2 Å². The third-order valence-corrected chi connectivity index (χ3v) is 3.26. The van der Waals surface area contributed by atoms with Crippen LogP contribution < -0.4 is 15.4 Å². The molecule has 1 saturated heterocycles. The first-order chi connectivity index (χ1) is 8.65. The summed E-state index contributed by atoms with van der Waals surface area (Å²) in [4.78, 5) is 11.7. The van der Waals surface area contributed by atoms with Crippen molar-refractivity contribution in [3.8, 4) is 5.75 Å². The first kappa shape index (κ1) is 13.2. The highest BCUT2D eigenvalue weighted by molar-refractivity contribution is 6.32. The molecular weight excluding hydrogens is 252 g/mol. The fourth-order valence-electron chi connectivity index (χ4n) is 1.95. The Morgan fingerprint density at radius 3 is 2.89 bits per heavy atom. The predicted octanol–water partition coefficient (Wildman–Crippen LogP) is 2.49. The van der Waals surface area contributed by atoms with Crippen molar-refractivity contribution in [3.05, 3.63) is 28.8 Å². The SMILES string of the molecule is Cc1ccc(Cl)c(OC(=O)NC2CCNCC2)c1. The number of hydrogen-bond acceptors (Lipinski definition) is 3. The molecule has 18 heavy (non-hydrogen) atoms. The molecule has 0 aromatic heterocycles. The molecule has 0 radical (unpaired) electrons. The lowest BCUT2D eigenvalue weighted by Gasteiger charge is -2.23. The van der Waals surface area contributed by atoms with Crippen molar-refractivity contribution >= 4 is 17.7 Å². The third-order valence-electron chi connectivity index (χ3n) is 2.95. The highest BCUT2D eigenvalue weighted by atomic mass is 35.5. The van der Waals surface area contributed by atoms with Crippen molar-refractivity contribution in [2.45, 2.75) is 25.8 Å². The van der Waals surface area contributed by atoms with Crippen LogP contribution in [0.5, 0.6) is 5.75 Å². The van der Waals surface area contributed by atoms with E-state index in [1.54, 1.807) is 12.1 Å². The smallest absolute Gasteiger partial charge is 0.409 e. The van der Waals surface area contributed by atoms with Crippen LogP contribution in [0.4, 0.5) is 4.79 Å². The molecule has 0 saturated carbocycles. The van der Waals surface area contributed by atoms with E-state index in [0.29, 0.717) is 10.8 Å². The summed E-state index contributed by atoms with van der Waals surface area (Å²) in [5, 5.41) is 6.54. The van der Waals surface area contributed by atoms with Crippen LogP contribution in [-0.4, -0.2) is 25.2 Å².